The molecule has 0 unspecified atom stereocenters. The van der Waals surface area contributed by atoms with Gasteiger partial charge in [0.25, 0.3) is 0 Å². The molecule has 0 atom stereocenters. The molecule has 5 nitrogen and oxygen atoms in total. The molecule has 106 valence electrons. The highest BCUT2D eigenvalue weighted by Gasteiger charge is 2.38. The fourth-order valence-corrected chi connectivity index (χ4v) is 2.33. The standard InChI is InChI=1S/C13H22N2O3Si/c1-13(2,3)19(4)18-10-9-15-8-7-14-11(15)5-6-12(16)17/h7-8H,5-6,9-10H2,1-4H3/p+1. The molecule has 0 aliphatic rings. The van der Waals surface area contributed by atoms with Crippen LogP contribution in [0, 0.1) is 0 Å². The summed E-state index contributed by atoms with van der Waals surface area (Å²) in [6, 6.07) is 0. The van der Waals surface area contributed by atoms with Gasteiger partial charge >= 0.3 is 15.0 Å². The Morgan fingerprint density at radius 3 is 2.79 bits per heavy atom. The van der Waals surface area contributed by atoms with E-state index in [1.165, 1.54) is 0 Å². The number of hydrogen-bond acceptors (Lipinski definition) is 3. The molecule has 0 radical (unpaired) electrons. The smallest absolute Gasteiger partial charge is 0.475 e. The number of aromatic nitrogens is 2. The predicted octanol–water partition coefficient (Wildman–Crippen LogP) is 2.34. The second-order valence-electron chi connectivity index (χ2n) is 5.59. The number of carboxylic acid groups (broad SMARTS) is 1. The first-order valence-corrected chi connectivity index (χ1v) is 8.40. The van der Waals surface area contributed by atoms with E-state index in [0.29, 0.717) is 13.0 Å². The molecule has 0 amide bonds. The normalized spacial score (nSPS) is 11.6. The summed E-state index contributed by atoms with van der Waals surface area (Å²) in [5.41, 5.74) is 0. The van der Waals surface area contributed by atoms with Gasteiger partial charge in [-0.2, -0.15) is 0 Å². The third-order valence-corrected chi connectivity index (χ3v) is 5.82. The highest BCUT2D eigenvalue weighted by Crippen LogP contribution is 2.26. The maximum absolute atomic E-state index is 10.6. The minimum atomic E-state index is -0.824. The molecule has 0 saturated heterocycles. The van der Waals surface area contributed by atoms with Gasteiger partial charge in [-0.25, -0.2) is 9.41 Å². The maximum Gasteiger partial charge on any atom is 0.475 e. The van der Waals surface area contributed by atoms with E-state index in [9.17, 15) is 4.79 Å². The lowest BCUT2D eigenvalue weighted by atomic mass is 10.3. The number of aliphatic carboxylic acids is 1. The minimum absolute atomic E-state index is 0.114. The van der Waals surface area contributed by atoms with Crippen LogP contribution in [0.1, 0.15) is 33.0 Å². The Kier molecular flexibility index (Phi) is 5.75. The van der Waals surface area contributed by atoms with E-state index in [4.69, 9.17) is 9.53 Å². The fourth-order valence-electron chi connectivity index (χ4n) is 1.50. The number of carboxylic acids is 1. The van der Waals surface area contributed by atoms with Gasteiger partial charge in [0.2, 0.25) is 0 Å². The van der Waals surface area contributed by atoms with Crippen molar-refractivity contribution < 1.29 is 14.3 Å². The van der Waals surface area contributed by atoms with Crippen LogP contribution in [0.3, 0.4) is 0 Å². The largest absolute Gasteiger partial charge is 0.481 e. The molecule has 1 rings (SSSR count). The molecule has 0 aliphatic carbocycles. The van der Waals surface area contributed by atoms with Crippen molar-refractivity contribution in [2.24, 2.45) is 0 Å². The van der Waals surface area contributed by atoms with Crippen LogP contribution in [0.15, 0.2) is 12.4 Å². The van der Waals surface area contributed by atoms with Gasteiger partial charge in [-0.1, -0.05) is 0 Å². The van der Waals surface area contributed by atoms with Gasteiger partial charge in [0.1, 0.15) is 17.5 Å². The van der Waals surface area contributed by atoms with Gasteiger partial charge in [0.15, 0.2) is 0 Å². The number of hydrogen-bond donors (Lipinski definition) is 1. The van der Waals surface area contributed by atoms with Crippen LogP contribution in [0.5, 0.6) is 0 Å². The zero-order valence-electron chi connectivity index (χ0n) is 12.1. The Bertz CT molecular complexity index is 412. The lowest BCUT2D eigenvalue weighted by Gasteiger charge is -2.12. The third-order valence-electron chi connectivity index (χ3n) is 3.07. The molecule has 1 aromatic rings. The number of nitrogens with zero attached hydrogens (tertiary/aromatic N) is 2. The molecule has 0 spiro atoms. The Labute approximate surface area is 116 Å². The topological polar surface area (TPSA) is 64.4 Å². The van der Waals surface area contributed by atoms with Crippen molar-refractivity contribution in [2.75, 3.05) is 6.61 Å². The van der Waals surface area contributed by atoms with Crippen molar-refractivity contribution in [2.45, 2.75) is 51.7 Å². The maximum atomic E-state index is 10.6. The predicted molar refractivity (Wildman–Crippen MR) is 75.5 cm³/mol. The molecule has 19 heavy (non-hydrogen) atoms. The number of aryl methyl sites for hydroxylation is 1. The van der Waals surface area contributed by atoms with Gasteiger partial charge in [-0.15, -0.1) is 0 Å². The summed E-state index contributed by atoms with van der Waals surface area (Å²) in [7, 11) is -0.824. The van der Waals surface area contributed by atoms with E-state index in [1.54, 1.807) is 6.20 Å². The molecule has 0 bridgehead atoms. The van der Waals surface area contributed by atoms with Crippen LogP contribution in [0.25, 0.3) is 0 Å². The van der Waals surface area contributed by atoms with Gasteiger partial charge in [0.05, 0.1) is 19.5 Å². The first kappa shape index (κ1) is 15.9. The Morgan fingerprint density at radius 2 is 2.21 bits per heavy atom. The van der Waals surface area contributed by atoms with Gasteiger partial charge in [-0.05, 0) is 20.8 Å². The van der Waals surface area contributed by atoms with Crippen molar-refractivity contribution in [3.05, 3.63) is 18.2 Å². The van der Waals surface area contributed by atoms with E-state index in [-0.39, 0.29) is 11.5 Å². The van der Waals surface area contributed by atoms with Crippen molar-refractivity contribution in [1.82, 2.24) is 9.55 Å². The van der Waals surface area contributed by atoms with Crippen LogP contribution in [0.2, 0.25) is 11.6 Å². The molecule has 1 heterocycles. The Morgan fingerprint density at radius 1 is 1.53 bits per heavy atom. The van der Waals surface area contributed by atoms with Crippen LogP contribution >= 0.6 is 0 Å². The summed E-state index contributed by atoms with van der Waals surface area (Å²) >= 11 is 0. The van der Waals surface area contributed by atoms with Gasteiger partial charge in [0, 0.05) is 18.8 Å². The molecule has 1 aromatic heterocycles. The molecular weight excluding hydrogens is 260 g/mol. The quantitative estimate of drug-likeness (QED) is 0.780. The second-order valence-corrected chi connectivity index (χ2v) is 8.49. The Hall–Kier alpha value is -1.14. The van der Waals surface area contributed by atoms with Crippen LogP contribution in [-0.2, 0) is 22.2 Å². The van der Waals surface area contributed by atoms with Crippen LogP contribution in [-0.4, -0.2) is 36.3 Å². The van der Waals surface area contributed by atoms with Gasteiger partial charge < -0.3 is 9.67 Å². The summed E-state index contributed by atoms with van der Waals surface area (Å²) in [5.74, 6) is 0.0178. The summed E-state index contributed by atoms with van der Waals surface area (Å²) in [4.78, 5) is 14.7. The lowest BCUT2D eigenvalue weighted by molar-refractivity contribution is -0.137. The molecule has 0 aromatic carbocycles. The summed E-state index contributed by atoms with van der Waals surface area (Å²) in [6.07, 6.45) is 4.16. The molecule has 6 heteroatoms. The highest BCUT2D eigenvalue weighted by molar-refractivity contribution is 6.53. The summed E-state index contributed by atoms with van der Waals surface area (Å²) < 4.78 is 7.87. The van der Waals surface area contributed by atoms with E-state index >= 15 is 0 Å². The lowest BCUT2D eigenvalue weighted by Crippen LogP contribution is -2.27. The third kappa shape index (κ3) is 5.57. The van der Waals surface area contributed by atoms with Crippen LogP contribution < -0.4 is 0 Å². The molecule has 0 fully saturated rings. The highest BCUT2D eigenvalue weighted by atomic mass is 28.3. The van der Waals surface area contributed by atoms with Crippen molar-refractivity contribution >= 4 is 15.0 Å². The molecule has 0 saturated carbocycles. The van der Waals surface area contributed by atoms with E-state index in [0.717, 1.165) is 12.4 Å². The zero-order valence-corrected chi connectivity index (χ0v) is 13.1. The first-order valence-electron chi connectivity index (χ1n) is 6.49. The average molecular weight is 283 g/mol. The van der Waals surface area contributed by atoms with Crippen molar-refractivity contribution in [3.63, 3.8) is 0 Å². The van der Waals surface area contributed by atoms with Crippen LogP contribution in [0.4, 0.5) is 0 Å². The van der Waals surface area contributed by atoms with E-state index in [1.807, 2.05) is 10.8 Å². The monoisotopic (exact) mass is 283 g/mol. The number of rotatable bonds is 7. The average Bonchev–Trinajstić information content (AvgIpc) is 2.72. The van der Waals surface area contributed by atoms with E-state index in [2.05, 4.69) is 32.3 Å². The first-order chi connectivity index (χ1) is 8.80. The molecule has 1 N–H and O–H groups in total. The zero-order chi connectivity index (χ0) is 14.5. The van der Waals surface area contributed by atoms with Crippen molar-refractivity contribution in [3.8, 4) is 0 Å². The second kappa shape index (κ2) is 6.86. The van der Waals surface area contributed by atoms with Gasteiger partial charge in [-0.3, -0.25) is 4.79 Å². The Balaban J connectivity index is 2.41. The molecule has 0 aliphatic heterocycles. The minimum Gasteiger partial charge on any atom is -0.481 e. The van der Waals surface area contributed by atoms with Crippen molar-refractivity contribution in [1.29, 1.82) is 0 Å². The molecular formula is C13H23N2O3Si+. The SMILES string of the molecule is C[Si+](OCCn1ccnc1CCC(=O)O)C(C)(C)C. The fraction of sp³-hybridized carbons (Fsp3) is 0.692. The summed E-state index contributed by atoms with van der Waals surface area (Å²) in [6.45, 7) is 10.1. The number of imidazole rings is 1. The summed E-state index contributed by atoms with van der Waals surface area (Å²) in [5, 5.41) is 8.91. The number of carbonyl (C=O) groups is 1. The van der Waals surface area contributed by atoms with E-state index < -0.39 is 15.0 Å².